The molecular weight excluding hydrogens is 314 g/mol. The molecule has 0 bridgehead atoms. The van der Waals surface area contributed by atoms with Gasteiger partial charge in [0.2, 0.25) is 5.91 Å². The van der Waals surface area contributed by atoms with Crippen molar-refractivity contribution in [1.29, 1.82) is 0 Å². The molecule has 0 heterocycles. The van der Waals surface area contributed by atoms with Crippen LogP contribution in [0.25, 0.3) is 0 Å². The average Bonchev–Trinajstić information content (AvgIpc) is 2.55. The molecule has 0 aliphatic heterocycles. The van der Waals surface area contributed by atoms with Crippen LogP contribution in [-0.2, 0) is 19.1 Å². The van der Waals surface area contributed by atoms with Gasteiger partial charge in [0.1, 0.15) is 5.78 Å². The second kappa shape index (κ2) is 11.8. The van der Waals surface area contributed by atoms with E-state index in [0.29, 0.717) is 45.8 Å². The Hall–Kier alpha value is -1.67. The Morgan fingerprint density at radius 1 is 1.04 bits per heavy atom. The third-order valence-electron chi connectivity index (χ3n) is 3.91. The smallest absolute Gasteiger partial charge is 0.314 e. The first kappa shape index (κ1) is 20.4. The zero-order chi connectivity index (χ0) is 17.8. The van der Waals surface area contributed by atoms with Crippen molar-refractivity contribution in [1.82, 2.24) is 16.0 Å². The quantitative estimate of drug-likeness (QED) is 0.439. The lowest BCUT2D eigenvalue weighted by Crippen LogP contribution is -2.46. The highest BCUT2D eigenvalue weighted by Crippen LogP contribution is 2.29. The molecular formula is C16H29N3O5. The van der Waals surface area contributed by atoms with Crippen LogP contribution in [-0.4, -0.2) is 63.8 Å². The van der Waals surface area contributed by atoms with Gasteiger partial charge in [-0.05, 0) is 12.8 Å². The van der Waals surface area contributed by atoms with Crippen LogP contribution in [0.3, 0.4) is 0 Å². The molecule has 138 valence electrons. The third kappa shape index (κ3) is 8.26. The summed E-state index contributed by atoms with van der Waals surface area (Å²) in [7, 11) is 1.55. The summed E-state index contributed by atoms with van der Waals surface area (Å²) in [5, 5.41) is 7.96. The lowest BCUT2D eigenvalue weighted by Gasteiger charge is -2.34. The van der Waals surface area contributed by atoms with Crippen molar-refractivity contribution in [2.24, 2.45) is 5.92 Å². The molecule has 0 unspecified atom stereocenters. The van der Waals surface area contributed by atoms with Gasteiger partial charge in [-0.15, -0.1) is 0 Å². The molecule has 8 heteroatoms. The van der Waals surface area contributed by atoms with E-state index >= 15 is 0 Å². The number of ketones is 1. The number of urea groups is 1. The number of hydrogen-bond acceptors (Lipinski definition) is 5. The van der Waals surface area contributed by atoms with Crippen LogP contribution in [0.1, 0.15) is 32.6 Å². The summed E-state index contributed by atoms with van der Waals surface area (Å²) in [5.74, 6) is 0.374. The first-order valence-corrected chi connectivity index (χ1v) is 8.50. The molecule has 3 N–H and O–H groups in total. The molecule has 0 aromatic heterocycles. The minimum atomic E-state index is -0.238. The van der Waals surface area contributed by atoms with Crippen LogP contribution in [0.4, 0.5) is 4.79 Å². The molecule has 0 spiro atoms. The normalized spacial score (nSPS) is 19.2. The molecule has 1 fully saturated rings. The van der Waals surface area contributed by atoms with Gasteiger partial charge in [0.25, 0.3) is 0 Å². The molecule has 1 aliphatic carbocycles. The SMILES string of the molecule is CCC(=O)[C@H]1C[C@@H](NC(=O)CCOCCOCCNC(=O)NC)C1. The van der Waals surface area contributed by atoms with Crippen molar-refractivity contribution in [3.05, 3.63) is 0 Å². The maximum atomic E-state index is 11.7. The van der Waals surface area contributed by atoms with Crippen molar-refractivity contribution in [3.8, 4) is 0 Å². The van der Waals surface area contributed by atoms with Crippen molar-refractivity contribution >= 4 is 17.7 Å². The lowest BCUT2D eigenvalue weighted by atomic mass is 9.77. The molecule has 24 heavy (non-hydrogen) atoms. The summed E-state index contributed by atoms with van der Waals surface area (Å²) in [6.07, 6.45) is 2.40. The van der Waals surface area contributed by atoms with Crippen LogP contribution in [0, 0.1) is 5.92 Å². The Morgan fingerprint density at radius 2 is 1.71 bits per heavy atom. The van der Waals surface area contributed by atoms with Gasteiger partial charge in [-0.25, -0.2) is 4.79 Å². The van der Waals surface area contributed by atoms with E-state index < -0.39 is 0 Å². The molecule has 1 aliphatic rings. The zero-order valence-corrected chi connectivity index (χ0v) is 14.6. The Kier molecular flexibility index (Phi) is 10.0. The fourth-order valence-corrected chi connectivity index (χ4v) is 2.40. The number of Topliss-reactive ketones (excluding diaryl/α,β-unsaturated/α-hetero) is 1. The van der Waals surface area contributed by atoms with E-state index in [-0.39, 0.29) is 29.7 Å². The Balaban J connectivity index is 1.87. The van der Waals surface area contributed by atoms with E-state index in [1.807, 2.05) is 6.92 Å². The maximum absolute atomic E-state index is 11.7. The molecule has 0 atom stereocenters. The number of carbonyl (C=O) groups excluding carboxylic acids is 3. The molecule has 1 rings (SSSR count). The second-order valence-corrected chi connectivity index (χ2v) is 5.73. The Bertz CT molecular complexity index is 411. The van der Waals surface area contributed by atoms with Crippen molar-refractivity contribution in [2.75, 3.05) is 40.0 Å². The molecule has 0 saturated heterocycles. The fourth-order valence-electron chi connectivity index (χ4n) is 2.40. The van der Waals surface area contributed by atoms with Gasteiger partial charge in [-0.1, -0.05) is 6.92 Å². The monoisotopic (exact) mass is 343 g/mol. The van der Waals surface area contributed by atoms with E-state index in [0.717, 1.165) is 12.8 Å². The van der Waals surface area contributed by atoms with Crippen LogP contribution < -0.4 is 16.0 Å². The second-order valence-electron chi connectivity index (χ2n) is 5.73. The lowest BCUT2D eigenvalue weighted by molar-refractivity contribution is -0.129. The molecule has 0 radical (unpaired) electrons. The average molecular weight is 343 g/mol. The molecule has 0 aromatic rings. The minimum absolute atomic E-state index is 0.0434. The highest BCUT2D eigenvalue weighted by molar-refractivity contribution is 5.82. The van der Waals surface area contributed by atoms with Crippen LogP contribution in [0.5, 0.6) is 0 Å². The number of amides is 3. The molecule has 1 saturated carbocycles. The van der Waals surface area contributed by atoms with E-state index in [1.165, 1.54) is 0 Å². The van der Waals surface area contributed by atoms with Crippen LogP contribution >= 0.6 is 0 Å². The minimum Gasteiger partial charge on any atom is -0.379 e. The predicted molar refractivity (Wildman–Crippen MR) is 88.7 cm³/mol. The number of rotatable bonds is 12. The molecule has 0 aromatic carbocycles. The van der Waals surface area contributed by atoms with Crippen LogP contribution in [0.15, 0.2) is 0 Å². The maximum Gasteiger partial charge on any atom is 0.314 e. The van der Waals surface area contributed by atoms with Gasteiger partial charge in [0, 0.05) is 38.4 Å². The fraction of sp³-hybridized carbons (Fsp3) is 0.812. The number of hydrogen-bond donors (Lipinski definition) is 3. The van der Waals surface area contributed by atoms with Gasteiger partial charge in [-0.3, -0.25) is 9.59 Å². The Labute approximate surface area is 143 Å². The van der Waals surface area contributed by atoms with E-state index in [2.05, 4.69) is 16.0 Å². The highest BCUT2D eigenvalue weighted by atomic mass is 16.5. The standard InChI is InChI=1S/C16H29N3O5/c1-3-14(20)12-10-13(11-12)19-15(21)4-6-23-8-9-24-7-5-18-16(22)17-2/h12-13H,3-11H2,1-2H3,(H,19,21)(H2,17,18,22)/t12-,13+. The highest BCUT2D eigenvalue weighted by Gasteiger charge is 2.33. The zero-order valence-electron chi connectivity index (χ0n) is 14.6. The van der Waals surface area contributed by atoms with E-state index in [9.17, 15) is 14.4 Å². The topological polar surface area (TPSA) is 106 Å². The number of nitrogens with one attached hydrogen (secondary N) is 3. The number of carbonyl (C=O) groups is 3. The van der Waals surface area contributed by atoms with Gasteiger partial charge in [0.05, 0.1) is 26.4 Å². The van der Waals surface area contributed by atoms with Crippen molar-refractivity contribution in [3.63, 3.8) is 0 Å². The summed E-state index contributed by atoms with van der Waals surface area (Å²) in [6.45, 7) is 3.88. The van der Waals surface area contributed by atoms with Crippen molar-refractivity contribution in [2.45, 2.75) is 38.6 Å². The van der Waals surface area contributed by atoms with Crippen molar-refractivity contribution < 1.29 is 23.9 Å². The Morgan fingerprint density at radius 3 is 2.33 bits per heavy atom. The first-order valence-electron chi connectivity index (χ1n) is 8.50. The molecule has 3 amide bonds. The first-order chi connectivity index (χ1) is 11.6. The summed E-state index contributed by atoms with van der Waals surface area (Å²) >= 11 is 0. The predicted octanol–water partition coefficient (Wildman–Crippen LogP) is 0.213. The van der Waals surface area contributed by atoms with Gasteiger partial charge in [-0.2, -0.15) is 0 Å². The van der Waals surface area contributed by atoms with Gasteiger partial charge >= 0.3 is 6.03 Å². The summed E-state index contributed by atoms with van der Waals surface area (Å²) in [6, 6.07) is -0.105. The van der Waals surface area contributed by atoms with Crippen LogP contribution in [0.2, 0.25) is 0 Å². The summed E-state index contributed by atoms with van der Waals surface area (Å²) in [4.78, 5) is 34.0. The molecule has 8 nitrogen and oxygen atoms in total. The van der Waals surface area contributed by atoms with Gasteiger partial charge in [0.15, 0.2) is 0 Å². The third-order valence-corrected chi connectivity index (χ3v) is 3.91. The van der Waals surface area contributed by atoms with Gasteiger partial charge < -0.3 is 25.4 Å². The van der Waals surface area contributed by atoms with E-state index in [1.54, 1.807) is 7.05 Å². The number of ether oxygens (including phenoxy) is 2. The van der Waals surface area contributed by atoms with E-state index in [4.69, 9.17) is 9.47 Å². The summed E-state index contributed by atoms with van der Waals surface area (Å²) in [5.41, 5.74) is 0. The largest absolute Gasteiger partial charge is 0.379 e. The summed E-state index contributed by atoms with van der Waals surface area (Å²) < 4.78 is 10.6.